The van der Waals surface area contributed by atoms with E-state index < -0.39 is 0 Å². The van der Waals surface area contributed by atoms with E-state index in [9.17, 15) is 4.79 Å². The minimum Gasteiger partial charge on any atom is -0.457 e. The summed E-state index contributed by atoms with van der Waals surface area (Å²) in [5, 5.41) is 2.80. The van der Waals surface area contributed by atoms with Crippen molar-refractivity contribution in [2.75, 3.05) is 11.1 Å². The third-order valence-electron chi connectivity index (χ3n) is 3.45. The van der Waals surface area contributed by atoms with Gasteiger partial charge in [0.25, 0.3) is 5.91 Å². The zero-order valence-electron chi connectivity index (χ0n) is 13.5. The monoisotopic (exact) mass is 445 g/mol. The highest BCUT2D eigenvalue weighted by Crippen LogP contribution is 2.24. The maximum Gasteiger partial charge on any atom is 0.259 e. The lowest BCUT2D eigenvalue weighted by Crippen LogP contribution is -2.15. The van der Waals surface area contributed by atoms with Crippen molar-refractivity contribution in [3.05, 3.63) is 75.5 Å². The molecule has 2 aromatic carbocycles. The summed E-state index contributed by atoms with van der Waals surface area (Å²) >= 11 is 2.23. The number of amides is 1. The number of rotatable bonds is 4. The lowest BCUT2D eigenvalue weighted by Gasteiger charge is -2.09. The third kappa shape index (κ3) is 4.48. The quantitative estimate of drug-likeness (QED) is 0.575. The molecule has 126 valence electrons. The van der Waals surface area contributed by atoms with E-state index >= 15 is 0 Å². The molecule has 5 nitrogen and oxygen atoms in total. The fourth-order valence-electron chi connectivity index (χ4n) is 2.24. The Balaban J connectivity index is 1.69. The van der Waals surface area contributed by atoms with Crippen LogP contribution in [0.3, 0.4) is 0 Å². The van der Waals surface area contributed by atoms with Crippen molar-refractivity contribution in [3.63, 3.8) is 0 Å². The number of ether oxygens (including phenoxy) is 1. The van der Waals surface area contributed by atoms with Crippen molar-refractivity contribution in [1.29, 1.82) is 0 Å². The Hall–Kier alpha value is -2.61. The van der Waals surface area contributed by atoms with Crippen molar-refractivity contribution < 1.29 is 9.53 Å². The lowest BCUT2D eigenvalue weighted by molar-refractivity contribution is 0.102. The second-order valence-electron chi connectivity index (χ2n) is 5.42. The van der Waals surface area contributed by atoms with E-state index in [1.165, 1.54) is 0 Å². The Morgan fingerprint density at radius 2 is 1.84 bits per heavy atom. The smallest absolute Gasteiger partial charge is 0.259 e. The van der Waals surface area contributed by atoms with Gasteiger partial charge in [-0.1, -0.05) is 6.07 Å². The first-order chi connectivity index (χ1) is 12.0. The molecule has 1 aromatic heterocycles. The first-order valence-electron chi connectivity index (χ1n) is 7.59. The van der Waals surface area contributed by atoms with Gasteiger partial charge in [-0.05, 0) is 84.1 Å². The van der Waals surface area contributed by atoms with Gasteiger partial charge in [0, 0.05) is 15.0 Å². The van der Waals surface area contributed by atoms with E-state index in [2.05, 4.69) is 32.9 Å². The summed E-state index contributed by atoms with van der Waals surface area (Å²) in [5.41, 5.74) is 7.58. The number of carbonyl (C=O) groups excluding carboxylic acids is 1. The van der Waals surface area contributed by atoms with Crippen LogP contribution in [0.15, 0.2) is 60.7 Å². The van der Waals surface area contributed by atoms with Crippen LogP contribution in [-0.2, 0) is 0 Å². The van der Waals surface area contributed by atoms with Gasteiger partial charge in [-0.15, -0.1) is 0 Å². The number of aromatic nitrogens is 1. The highest BCUT2D eigenvalue weighted by Gasteiger charge is 2.11. The van der Waals surface area contributed by atoms with Gasteiger partial charge in [-0.3, -0.25) is 4.79 Å². The van der Waals surface area contributed by atoms with Gasteiger partial charge in [0.1, 0.15) is 17.3 Å². The topological polar surface area (TPSA) is 77.2 Å². The maximum absolute atomic E-state index is 12.3. The van der Waals surface area contributed by atoms with Crippen LogP contribution < -0.4 is 15.8 Å². The van der Waals surface area contributed by atoms with Crippen molar-refractivity contribution in [3.8, 4) is 11.5 Å². The summed E-state index contributed by atoms with van der Waals surface area (Å²) in [6.07, 6.45) is 0. The minimum atomic E-state index is -0.295. The molecular formula is C19H16IN3O2. The van der Waals surface area contributed by atoms with Crippen LogP contribution >= 0.6 is 22.6 Å². The van der Waals surface area contributed by atoms with Crippen LogP contribution in [0.25, 0.3) is 0 Å². The number of hydrogen-bond donors (Lipinski definition) is 2. The largest absolute Gasteiger partial charge is 0.457 e. The van der Waals surface area contributed by atoms with Crippen LogP contribution in [-0.4, -0.2) is 10.9 Å². The number of hydrogen-bond acceptors (Lipinski definition) is 4. The number of anilines is 2. The average molecular weight is 445 g/mol. The predicted octanol–water partition coefficient (Wildman–Crippen LogP) is 4.62. The Kier molecular flexibility index (Phi) is 5.18. The van der Waals surface area contributed by atoms with E-state index in [0.717, 1.165) is 15.0 Å². The molecule has 0 atom stereocenters. The molecule has 1 heterocycles. The van der Waals surface area contributed by atoms with Crippen molar-refractivity contribution >= 4 is 40.0 Å². The number of nitrogen functional groups attached to an aromatic ring is 1. The molecule has 3 aromatic rings. The molecule has 25 heavy (non-hydrogen) atoms. The van der Waals surface area contributed by atoms with E-state index in [4.69, 9.17) is 10.5 Å². The van der Waals surface area contributed by atoms with Crippen LogP contribution in [0.2, 0.25) is 0 Å². The molecule has 0 unspecified atom stereocenters. The van der Waals surface area contributed by atoms with E-state index in [-0.39, 0.29) is 11.7 Å². The average Bonchev–Trinajstić information content (AvgIpc) is 2.56. The Bertz CT molecular complexity index is 911. The lowest BCUT2D eigenvalue weighted by atomic mass is 10.2. The van der Waals surface area contributed by atoms with E-state index in [1.54, 1.807) is 36.4 Å². The van der Waals surface area contributed by atoms with Crippen LogP contribution in [0.1, 0.15) is 16.1 Å². The standard InChI is InChI=1S/C19H16IN3O2/c1-12-5-10-17(18(21)22-12)19(24)23-14-6-8-15(9-7-14)25-16-4-2-3-13(20)11-16/h2-11H,1H3,(H2,21,22)(H,23,24). The summed E-state index contributed by atoms with van der Waals surface area (Å²) in [7, 11) is 0. The minimum absolute atomic E-state index is 0.219. The molecule has 0 saturated heterocycles. The molecule has 0 aliphatic heterocycles. The second-order valence-corrected chi connectivity index (χ2v) is 6.67. The summed E-state index contributed by atoms with van der Waals surface area (Å²) in [5.74, 6) is 1.38. The molecule has 0 radical (unpaired) electrons. The number of halogens is 1. The van der Waals surface area contributed by atoms with E-state index in [1.807, 2.05) is 31.2 Å². The van der Waals surface area contributed by atoms with Gasteiger partial charge in [0.05, 0.1) is 5.56 Å². The molecule has 0 aliphatic carbocycles. The first-order valence-corrected chi connectivity index (χ1v) is 8.67. The van der Waals surface area contributed by atoms with Crippen LogP contribution in [0, 0.1) is 10.5 Å². The fourth-order valence-corrected chi connectivity index (χ4v) is 2.75. The fraction of sp³-hybridized carbons (Fsp3) is 0.0526. The molecule has 3 N–H and O–H groups in total. The molecule has 0 fully saturated rings. The third-order valence-corrected chi connectivity index (χ3v) is 4.12. The van der Waals surface area contributed by atoms with Gasteiger partial charge in [0.15, 0.2) is 0 Å². The number of carbonyl (C=O) groups is 1. The molecular weight excluding hydrogens is 429 g/mol. The number of pyridine rings is 1. The first kappa shape index (κ1) is 17.2. The van der Waals surface area contributed by atoms with Gasteiger partial charge in [-0.2, -0.15) is 0 Å². The van der Waals surface area contributed by atoms with Crippen LogP contribution in [0.4, 0.5) is 11.5 Å². The molecule has 1 amide bonds. The molecule has 0 aliphatic rings. The number of aryl methyl sites for hydroxylation is 1. The highest BCUT2D eigenvalue weighted by molar-refractivity contribution is 14.1. The highest BCUT2D eigenvalue weighted by atomic mass is 127. The molecule has 3 rings (SSSR count). The number of nitrogens with two attached hydrogens (primary N) is 1. The zero-order valence-corrected chi connectivity index (χ0v) is 15.7. The SMILES string of the molecule is Cc1ccc(C(=O)Nc2ccc(Oc3cccc(I)c3)cc2)c(N)n1. The maximum atomic E-state index is 12.3. The number of nitrogens with zero attached hydrogens (tertiary/aromatic N) is 1. The van der Waals surface area contributed by atoms with Gasteiger partial charge >= 0.3 is 0 Å². The Labute approximate surface area is 159 Å². The van der Waals surface area contributed by atoms with Crippen molar-refractivity contribution in [2.24, 2.45) is 0 Å². The number of benzene rings is 2. The van der Waals surface area contributed by atoms with Crippen molar-refractivity contribution in [1.82, 2.24) is 4.98 Å². The normalized spacial score (nSPS) is 10.3. The molecule has 0 bridgehead atoms. The number of nitrogens with one attached hydrogen (secondary N) is 1. The Morgan fingerprint density at radius 3 is 2.52 bits per heavy atom. The van der Waals surface area contributed by atoms with Gasteiger partial charge in [-0.25, -0.2) is 4.98 Å². The van der Waals surface area contributed by atoms with Crippen molar-refractivity contribution in [2.45, 2.75) is 6.92 Å². The molecule has 0 saturated carbocycles. The zero-order chi connectivity index (χ0) is 17.8. The van der Waals surface area contributed by atoms with Gasteiger partial charge < -0.3 is 15.8 Å². The van der Waals surface area contributed by atoms with Gasteiger partial charge in [0.2, 0.25) is 0 Å². The summed E-state index contributed by atoms with van der Waals surface area (Å²) in [4.78, 5) is 16.4. The summed E-state index contributed by atoms with van der Waals surface area (Å²) < 4.78 is 6.89. The Morgan fingerprint density at radius 1 is 1.08 bits per heavy atom. The second kappa shape index (κ2) is 7.52. The summed E-state index contributed by atoms with van der Waals surface area (Å²) in [6.45, 7) is 1.82. The molecule has 0 spiro atoms. The molecule has 6 heteroatoms. The summed E-state index contributed by atoms with van der Waals surface area (Å²) in [6, 6.07) is 18.3. The van der Waals surface area contributed by atoms with Crippen LogP contribution in [0.5, 0.6) is 11.5 Å². The predicted molar refractivity (Wildman–Crippen MR) is 107 cm³/mol. The van der Waals surface area contributed by atoms with E-state index in [0.29, 0.717) is 17.0 Å².